The van der Waals surface area contributed by atoms with Gasteiger partial charge in [-0.05, 0) is 42.8 Å². The fourth-order valence-corrected chi connectivity index (χ4v) is 2.22. The quantitative estimate of drug-likeness (QED) is 0.678. The number of rotatable bonds is 6. The first-order valence-corrected chi connectivity index (χ1v) is 7.54. The first kappa shape index (κ1) is 16.8. The molecule has 0 bridgehead atoms. The third-order valence-electron chi connectivity index (χ3n) is 3.56. The predicted octanol–water partition coefficient (Wildman–Crippen LogP) is 3.78. The average Bonchev–Trinajstić information content (AvgIpc) is 3.11. The van der Waals surface area contributed by atoms with Crippen LogP contribution in [-0.4, -0.2) is 24.4 Å². The summed E-state index contributed by atoms with van der Waals surface area (Å²) in [5, 5.41) is 3.89. The summed E-state index contributed by atoms with van der Waals surface area (Å²) in [6, 6.07) is 9.81. The zero-order chi connectivity index (χ0) is 17.8. The lowest BCUT2D eigenvalue weighted by molar-refractivity contribution is 0.286. The molecule has 1 aromatic heterocycles. The molecule has 0 amide bonds. The Kier molecular flexibility index (Phi) is 4.83. The highest BCUT2D eigenvalue weighted by Crippen LogP contribution is 2.29. The molecular weight excluding hydrogens is 327 g/mol. The molecule has 0 aliphatic rings. The lowest BCUT2D eigenvalue weighted by Crippen LogP contribution is -1.98. The van der Waals surface area contributed by atoms with Crippen LogP contribution in [0.1, 0.15) is 11.4 Å². The van der Waals surface area contributed by atoms with Gasteiger partial charge < -0.3 is 18.7 Å². The lowest BCUT2D eigenvalue weighted by atomic mass is 10.2. The molecular formula is C18H17FN2O4. The van der Waals surface area contributed by atoms with Gasteiger partial charge in [0.05, 0.1) is 14.2 Å². The van der Waals surface area contributed by atoms with Crippen molar-refractivity contribution >= 4 is 0 Å². The van der Waals surface area contributed by atoms with Gasteiger partial charge in [0.15, 0.2) is 6.61 Å². The Morgan fingerprint density at radius 3 is 2.36 bits per heavy atom. The van der Waals surface area contributed by atoms with Crippen LogP contribution >= 0.6 is 0 Å². The van der Waals surface area contributed by atoms with Crippen LogP contribution in [0.4, 0.5) is 4.39 Å². The molecule has 7 heteroatoms. The van der Waals surface area contributed by atoms with Gasteiger partial charge >= 0.3 is 0 Å². The highest BCUT2D eigenvalue weighted by molar-refractivity contribution is 5.59. The molecule has 0 aliphatic carbocycles. The Morgan fingerprint density at radius 2 is 1.72 bits per heavy atom. The standard InChI is InChI=1S/C18H17FN2O4/c1-11-6-13(4-5-16(11)19)24-10-17-20-18(25-21-17)12-7-14(22-2)9-15(8-12)23-3/h4-9H,10H2,1-3H3. The van der Waals surface area contributed by atoms with E-state index in [1.165, 1.54) is 6.07 Å². The lowest BCUT2D eigenvalue weighted by Gasteiger charge is -2.05. The van der Waals surface area contributed by atoms with Gasteiger partial charge in [-0.15, -0.1) is 0 Å². The fraction of sp³-hybridized carbons (Fsp3) is 0.222. The molecule has 0 radical (unpaired) electrons. The van der Waals surface area contributed by atoms with Crippen molar-refractivity contribution in [2.45, 2.75) is 13.5 Å². The number of ether oxygens (including phenoxy) is 3. The SMILES string of the molecule is COc1cc(OC)cc(-c2nc(COc3ccc(F)c(C)c3)no2)c1. The summed E-state index contributed by atoms with van der Waals surface area (Å²) in [6.07, 6.45) is 0. The van der Waals surface area contributed by atoms with E-state index in [1.54, 1.807) is 51.5 Å². The maximum atomic E-state index is 13.3. The normalized spacial score (nSPS) is 10.6. The summed E-state index contributed by atoms with van der Waals surface area (Å²) in [4.78, 5) is 4.30. The van der Waals surface area contributed by atoms with Crippen molar-refractivity contribution in [1.29, 1.82) is 0 Å². The molecule has 0 fully saturated rings. The van der Waals surface area contributed by atoms with Gasteiger partial charge in [-0.3, -0.25) is 0 Å². The summed E-state index contributed by atoms with van der Waals surface area (Å²) in [6.45, 7) is 1.78. The van der Waals surface area contributed by atoms with E-state index >= 15 is 0 Å². The summed E-state index contributed by atoms with van der Waals surface area (Å²) in [5.74, 6) is 2.19. The zero-order valence-corrected chi connectivity index (χ0v) is 14.1. The molecule has 3 rings (SSSR count). The zero-order valence-electron chi connectivity index (χ0n) is 14.1. The van der Waals surface area contributed by atoms with Gasteiger partial charge in [-0.1, -0.05) is 5.16 Å². The van der Waals surface area contributed by atoms with Crippen LogP contribution < -0.4 is 14.2 Å². The molecule has 130 valence electrons. The maximum Gasteiger partial charge on any atom is 0.258 e. The summed E-state index contributed by atoms with van der Waals surface area (Å²) in [7, 11) is 3.13. The minimum absolute atomic E-state index is 0.107. The van der Waals surface area contributed by atoms with Crippen molar-refractivity contribution in [2.75, 3.05) is 14.2 Å². The van der Waals surface area contributed by atoms with Crippen LogP contribution in [0.15, 0.2) is 40.9 Å². The Hall–Kier alpha value is -3.09. The van der Waals surface area contributed by atoms with Crippen LogP contribution in [0.25, 0.3) is 11.5 Å². The number of aryl methyl sites for hydroxylation is 1. The molecule has 25 heavy (non-hydrogen) atoms. The van der Waals surface area contributed by atoms with Crippen molar-refractivity contribution in [3.8, 4) is 28.7 Å². The molecule has 0 saturated carbocycles. The van der Waals surface area contributed by atoms with Gasteiger partial charge in [-0.25, -0.2) is 4.39 Å². The molecule has 6 nitrogen and oxygen atoms in total. The molecule has 2 aromatic carbocycles. The fourth-order valence-electron chi connectivity index (χ4n) is 2.22. The second kappa shape index (κ2) is 7.21. The van der Waals surface area contributed by atoms with Crippen LogP contribution in [-0.2, 0) is 6.61 Å². The molecule has 3 aromatic rings. The second-order valence-electron chi connectivity index (χ2n) is 5.32. The van der Waals surface area contributed by atoms with E-state index in [9.17, 15) is 4.39 Å². The van der Waals surface area contributed by atoms with Crippen molar-refractivity contribution in [2.24, 2.45) is 0 Å². The Labute approximate surface area is 144 Å². The number of aromatic nitrogens is 2. The smallest absolute Gasteiger partial charge is 0.258 e. The van der Waals surface area contributed by atoms with Gasteiger partial charge in [0, 0.05) is 11.6 Å². The summed E-state index contributed by atoms with van der Waals surface area (Å²) < 4.78 is 34.5. The van der Waals surface area contributed by atoms with Gasteiger partial charge in [-0.2, -0.15) is 4.98 Å². The largest absolute Gasteiger partial charge is 0.497 e. The minimum Gasteiger partial charge on any atom is -0.497 e. The maximum absolute atomic E-state index is 13.3. The Balaban J connectivity index is 1.75. The molecule has 0 spiro atoms. The topological polar surface area (TPSA) is 66.6 Å². The molecule has 0 unspecified atom stereocenters. The average molecular weight is 344 g/mol. The van der Waals surface area contributed by atoms with E-state index in [2.05, 4.69) is 10.1 Å². The Morgan fingerprint density at radius 1 is 1.00 bits per heavy atom. The number of methoxy groups -OCH3 is 2. The highest BCUT2D eigenvalue weighted by atomic mass is 19.1. The van der Waals surface area contributed by atoms with E-state index < -0.39 is 0 Å². The number of halogens is 1. The van der Waals surface area contributed by atoms with E-state index in [4.69, 9.17) is 18.7 Å². The number of hydrogen-bond donors (Lipinski definition) is 0. The van der Waals surface area contributed by atoms with Gasteiger partial charge in [0.2, 0.25) is 5.82 Å². The summed E-state index contributed by atoms with van der Waals surface area (Å²) >= 11 is 0. The van der Waals surface area contributed by atoms with Gasteiger partial charge in [0.1, 0.15) is 23.1 Å². The second-order valence-corrected chi connectivity index (χ2v) is 5.32. The first-order chi connectivity index (χ1) is 12.1. The highest BCUT2D eigenvalue weighted by Gasteiger charge is 2.12. The molecule has 0 N–H and O–H groups in total. The van der Waals surface area contributed by atoms with E-state index in [1.807, 2.05) is 0 Å². The third kappa shape index (κ3) is 3.88. The monoisotopic (exact) mass is 344 g/mol. The number of hydrogen-bond acceptors (Lipinski definition) is 6. The van der Waals surface area contributed by atoms with E-state index in [-0.39, 0.29) is 12.4 Å². The van der Waals surface area contributed by atoms with Crippen LogP contribution in [0, 0.1) is 12.7 Å². The van der Waals surface area contributed by atoms with Crippen LogP contribution in [0.5, 0.6) is 17.2 Å². The number of benzene rings is 2. The Bertz CT molecular complexity index is 857. The van der Waals surface area contributed by atoms with Crippen molar-refractivity contribution < 1.29 is 23.1 Å². The number of nitrogens with zero attached hydrogens (tertiary/aromatic N) is 2. The van der Waals surface area contributed by atoms with Crippen molar-refractivity contribution in [3.05, 3.63) is 53.6 Å². The minimum atomic E-state index is -0.277. The molecule has 0 saturated heterocycles. The van der Waals surface area contributed by atoms with Crippen molar-refractivity contribution in [3.63, 3.8) is 0 Å². The molecule has 0 atom stereocenters. The van der Waals surface area contributed by atoms with Crippen LogP contribution in [0.3, 0.4) is 0 Å². The van der Waals surface area contributed by atoms with E-state index in [0.29, 0.717) is 40.1 Å². The van der Waals surface area contributed by atoms with E-state index in [0.717, 1.165) is 0 Å². The van der Waals surface area contributed by atoms with Crippen molar-refractivity contribution in [1.82, 2.24) is 10.1 Å². The molecule has 0 aliphatic heterocycles. The third-order valence-corrected chi connectivity index (χ3v) is 3.56. The summed E-state index contributed by atoms with van der Waals surface area (Å²) in [5.41, 5.74) is 1.18. The first-order valence-electron chi connectivity index (χ1n) is 7.54. The van der Waals surface area contributed by atoms with Crippen LogP contribution in [0.2, 0.25) is 0 Å². The van der Waals surface area contributed by atoms with Gasteiger partial charge in [0.25, 0.3) is 5.89 Å². The molecule has 1 heterocycles. The predicted molar refractivity (Wildman–Crippen MR) is 88.3 cm³/mol.